The highest BCUT2D eigenvalue weighted by Crippen LogP contribution is 2.22. The number of nitrogens with one attached hydrogen (secondary N) is 1. The molecule has 0 fully saturated rings. The Morgan fingerprint density at radius 1 is 1.14 bits per heavy atom. The van der Waals surface area contributed by atoms with Crippen molar-refractivity contribution in [3.8, 4) is 0 Å². The molecule has 0 radical (unpaired) electrons. The van der Waals surface area contributed by atoms with Crippen LogP contribution in [-0.4, -0.2) is 13.4 Å². The molecule has 0 amide bonds. The van der Waals surface area contributed by atoms with E-state index < -0.39 is 26.6 Å². The van der Waals surface area contributed by atoms with E-state index >= 15 is 0 Å². The fourth-order valence-corrected chi connectivity index (χ4v) is 3.02. The topological polar surface area (TPSA) is 72.2 Å². The molecule has 0 saturated carbocycles. The van der Waals surface area contributed by atoms with Gasteiger partial charge in [0.15, 0.2) is 0 Å². The molecular weight excluding hydrogens is 318 g/mol. The molecule has 0 atom stereocenters. The van der Waals surface area contributed by atoms with Gasteiger partial charge in [-0.2, -0.15) is 0 Å². The summed E-state index contributed by atoms with van der Waals surface area (Å²) in [6.07, 6.45) is 0. The van der Waals surface area contributed by atoms with Crippen molar-refractivity contribution in [1.82, 2.24) is 0 Å². The normalized spacial score (nSPS) is 11.1. The summed E-state index contributed by atoms with van der Waals surface area (Å²) in [6.45, 7) is 0. The number of thiocarbonyl (C=S) groups is 1. The number of para-hydroxylation sites is 1. The van der Waals surface area contributed by atoms with E-state index in [1.807, 2.05) is 0 Å². The van der Waals surface area contributed by atoms with Crippen LogP contribution in [0.2, 0.25) is 0 Å². The lowest BCUT2D eigenvalue weighted by molar-refractivity contribution is 0.555. The van der Waals surface area contributed by atoms with Gasteiger partial charge in [-0.15, -0.1) is 0 Å². The van der Waals surface area contributed by atoms with Crippen LogP contribution in [0.1, 0.15) is 5.56 Å². The molecule has 2 rings (SSSR count). The maximum absolute atomic E-state index is 13.6. The number of halogens is 2. The molecule has 0 aliphatic rings. The zero-order chi connectivity index (χ0) is 15.6. The predicted molar refractivity (Wildman–Crippen MR) is 79.5 cm³/mol. The quantitative estimate of drug-likeness (QED) is 0.846. The van der Waals surface area contributed by atoms with Crippen molar-refractivity contribution in [3.05, 3.63) is 59.7 Å². The van der Waals surface area contributed by atoms with Crippen molar-refractivity contribution >= 4 is 32.9 Å². The van der Waals surface area contributed by atoms with Gasteiger partial charge in [0.25, 0.3) is 10.0 Å². The highest BCUT2D eigenvalue weighted by atomic mass is 32.2. The monoisotopic (exact) mass is 328 g/mol. The first-order valence-electron chi connectivity index (χ1n) is 5.68. The first-order valence-corrected chi connectivity index (χ1v) is 7.57. The molecule has 0 heterocycles. The molecule has 0 spiro atoms. The fraction of sp³-hybridized carbons (Fsp3) is 0. The van der Waals surface area contributed by atoms with Gasteiger partial charge in [0.2, 0.25) is 0 Å². The van der Waals surface area contributed by atoms with Crippen LogP contribution in [0.3, 0.4) is 0 Å². The minimum absolute atomic E-state index is 0.0204. The van der Waals surface area contributed by atoms with E-state index in [9.17, 15) is 17.2 Å². The Morgan fingerprint density at radius 2 is 1.81 bits per heavy atom. The Balaban J connectivity index is 2.48. The molecule has 0 aliphatic carbocycles. The maximum atomic E-state index is 13.6. The van der Waals surface area contributed by atoms with Gasteiger partial charge in [-0.05, 0) is 30.3 Å². The Morgan fingerprint density at radius 3 is 2.48 bits per heavy atom. The molecule has 2 aromatic carbocycles. The Hall–Kier alpha value is -2.06. The van der Waals surface area contributed by atoms with Crippen LogP contribution >= 0.6 is 12.2 Å². The van der Waals surface area contributed by atoms with Gasteiger partial charge in [-0.3, -0.25) is 4.72 Å². The van der Waals surface area contributed by atoms with Crippen LogP contribution in [-0.2, 0) is 10.0 Å². The van der Waals surface area contributed by atoms with Gasteiger partial charge in [0.05, 0.1) is 5.69 Å². The van der Waals surface area contributed by atoms with Crippen LogP contribution in [0.5, 0.6) is 0 Å². The van der Waals surface area contributed by atoms with Crippen LogP contribution in [0.4, 0.5) is 14.5 Å². The molecule has 0 aromatic heterocycles. The lowest BCUT2D eigenvalue weighted by Crippen LogP contribution is -2.19. The third kappa shape index (κ3) is 3.34. The summed E-state index contributed by atoms with van der Waals surface area (Å²) >= 11 is 4.81. The van der Waals surface area contributed by atoms with E-state index in [2.05, 4.69) is 4.72 Å². The van der Waals surface area contributed by atoms with Crippen molar-refractivity contribution in [2.45, 2.75) is 4.90 Å². The molecule has 0 unspecified atom stereocenters. The number of nitrogens with two attached hydrogens (primary N) is 1. The molecule has 2 aromatic rings. The smallest absolute Gasteiger partial charge is 0.264 e. The van der Waals surface area contributed by atoms with Gasteiger partial charge in [0, 0.05) is 5.56 Å². The highest BCUT2D eigenvalue weighted by molar-refractivity contribution is 7.92. The van der Waals surface area contributed by atoms with Crippen molar-refractivity contribution in [3.63, 3.8) is 0 Å². The van der Waals surface area contributed by atoms with Gasteiger partial charge >= 0.3 is 0 Å². The zero-order valence-electron chi connectivity index (χ0n) is 10.5. The molecule has 3 N–H and O–H groups in total. The summed E-state index contributed by atoms with van der Waals surface area (Å²) in [5.41, 5.74) is 5.87. The Bertz CT molecular complexity index is 808. The first kappa shape index (κ1) is 15.3. The summed E-state index contributed by atoms with van der Waals surface area (Å²) in [4.78, 5) is -0.812. The standard InChI is InChI=1S/C13H10F2N2O2S2/c14-8-5-6-10(15)12(7-8)21(18,19)17-11-4-2-1-3-9(11)13(16)20/h1-7,17H,(H2,16,20). The average molecular weight is 328 g/mol. The highest BCUT2D eigenvalue weighted by Gasteiger charge is 2.21. The first-order chi connectivity index (χ1) is 9.81. The number of rotatable bonds is 4. The van der Waals surface area contributed by atoms with Crippen LogP contribution < -0.4 is 10.5 Å². The summed E-state index contributed by atoms with van der Waals surface area (Å²) < 4.78 is 53.2. The summed E-state index contributed by atoms with van der Waals surface area (Å²) in [6, 6.07) is 8.28. The Labute approximate surface area is 125 Å². The van der Waals surface area contributed by atoms with E-state index in [1.54, 1.807) is 12.1 Å². The molecule has 0 saturated heterocycles. The molecule has 8 heteroatoms. The number of benzene rings is 2. The fourth-order valence-electron chi connectivity index (χ4n) is 1.67. The van der Waals surface area contributed by atoms with Crippen LogP contribution in [0.25, 0.3) is 0 Å². The van der Waals surface area contributed by atoms with E-state index in [1.165, 1.54) is 12.1 Å². The van der Waals surface area contributed by atoms with Crippen molar-refractivity contribution < 1.29 is 17.2 Å². The van der Waals surface area contributed by atoms with Gasteiger partial charge < -0.3 is 5.73 Å². The minimum Gasteiger partial charge on any atom is -0.389 e. The third-order valence-electron chi connectivity index (χ3n) is 2.62. The second kappa shape index (κ2) is 5.74. The summed E-state index contributed by atoms with van der Waals surface area (Å²) in [5, 5.41) is 0. The Kier molecular flexibility index (Phi) is 4.19. The maximum Gasteiger partial charge on any atom is 0.264 e. The lowest BCUT2D eigenvalue weighted by Gasteiger charge is -2.12. The number of hydrogen-bond acceptors (Lipinski definition) is 3. The lowest BCUT2D eigenvalue weighted by atomic mass is 10.2. The molecule has 21 heavy (non-hydrogen) atoms. The van der Waals surface area contributed by atoms with Crippen molar-refractivity contribution in [2.24, 2.45) is 5.73 Å². The second-order valence-electron chi connectivity index (χ2n) is 4.09. The van der Waals surface area contributed by atoms with Gasteiger partial charge in [-0.25, -0.2) is 17.2 Å². The van der Waals surface area contributed by atoms with Gasteiger partial charge in [-0.1, -0.05) is 24.4 Å². The van der Waals surface area contributed by atoms with Crippen LogP contribution in [0, 0.1) is 11.6 Å². The summed E-state index contributed by atoms with van der Waals surface area (Å²) in [7, 11) is -4.30. The largest absolute Gasteiger partial charge is 0.389 e. The molecular formula is C13H10F2N2O2S2. The third-order valence-corrected chi connectivity index (χ3v) is 4.22. The van der Waals surface area contributed by atoms with Crippen LogP contribution in [0.15, 0.2) is 47.4 Å². The number of hydrogen-bond donors (Lipinski definition) is 2. The zero-order valence-corrected chi connectivity index (χ0v) is 12.1. The van der Waals surface area contributed by atoms with E-state index in [0.29, 0.717) is 6.07 Å². The summed E-state index contributed by atoms with van der Waals surface area (Å²) in [5.74, 6) is -1.92. The molecule has 4 nitrogen and oxygen atoms in total. The van der Waals surface area contributed by atoms with Crippen molar-refractivity contribution in [2.75, 3.05) is 4.72 Å². The van der Waals surface area contributed by atoms with E-state index in [-0.39, 0.29) is 16.2 Å². The molecule has 0 aliphatic heterocycles. The van der Waals surface area contributed by atoms with E-state index in [0.717, 1.165) is 12.1 Å². The van der Waals surface area contributed by atoms with Crippen molar-refractivity contribution in [1.29, 1.82) is 0 Å². The SMILES string of the molecule is NC(=S)c1ccccc1NS(=O)(=O)c1cc(F)ccc1F. The molecule has 110 valence electrons. The molecule has 0 bridgehead atoms. The second-order valence-corrected chi connectivity index (χ2v) is 6.18. The van der Waals surface area contributed by atoms with E-state index in [4.69, 9.17) is 18.0 Å². The number of anilines is 1. The van der Waals surface area contributed by atoms with Gasteiger partial charge in [0.1, 0.15) is 21.5 Å². The average Bonchev–Trinajstić information content (AvgIpc) is 2.41. The number of sulfonamides is 1. The minimum atomic E-state index is -4.30. The predicted octanol–water partition coefficient (Wildman–Crippen LogP) is 2.40.